The van der Waals surface area contributed by atoms with Crippen molar-refractivity contribution in [2.24, 2.45) is 28.1 Å². The number of phenols is 2. The monoisotopic (exact) mass is 601 g/mol. The van der Waals surface area contributed by atoms with Crippen LogP contribution in [0.5, 0.6) is 11.5 Å². The van der Waals surface area contributed by atoms with Crippen LogP contribution in [0.15, 0.2) is 46.6 Å². The van der Waals surface area contributed by atoms with Crippen LogP contribution in [0.3, 0.4) is 0 Å². The molecule has 3 nitrogen and oxygen atoms in total. The van der Waals surface area contributed by atoms with Gasteiger partial charge in [-0.2, -0.15) is 0 Å². The zero-order valence-electron chi connectivity index (χ0n) is 24.9. The second kappa shape index (κ2) is 8.43. The summed E-state index contributed by atoms with van der Waals surface area (Å²) < 4.78 is 1.06. The molecular weight excluding hydrogens is 558 g/mol. The maximum absolute atomic E-state index is 11.0. The molecule has 2 aromatic carbocycles. The van der Waals surface area contributed by atoms with E-state index in [1.165, 1.54) is 60.6 Å². The topological polar surface area (TPSA) is 56.2 Å². The summed E-state index contributed by atoms with van der Waals surface area (Å²) in [4.78, 5) is 3.53. The maximum atomic E-state index is 11.0. The lowest BCUT2D eigenvalue weighted by atomic mass is 9.35. The molecule has 1 heterocycles. The number of aromatic hydroxyl groups is 2. The van der Waals surface area contributed by atoms with E-state index in [0.717, 1.165) is 33.8 Å². The zero-order valence-corrected chi connectivity index (χ0v) is 26.5. The first kappa shape index (κ1) is 26.7. The summed E-state index contributed by atoms with van der Waals surface area (Å²) in [5, 5.41) is 23.2. The smallest absolute Gasteiger partial charge is 0.160 e. The van der Waals surface area contributed by atoms with Crippen LogP contribution in [0.2, 0.25) is 0 Å². The van der Waals surface area contributed by atoms with Crippen LogP contribution in [0.1, 0.15) is 108 Å². The fourth-order valence-corrected chi connectivity index (χ4v) is 10.8. The van der Waals surface area contributed by atoms with Gasteiger partial charge in [0.15, 0.2) is 11.5 Å². The molecule has 3 fully saturated rings. The van der Waals surface area contributed by atoms with E-state index in [1.807, 2.05) is 13.0 Å². The predicted molar refractivity (Wildman–Crippen MR) is 167 cm³/mol. The van der Waals surface area contributed by atoms with E-state index in [2.05, 4.69) is 86.0 Å². The number of fused-ring (bicyclic) bond motifs is 8. The van der Waals surface area contributed by atoms with Crippen molar-refractivity contribution in [2.75, 3.05) is 0 Å². The van der Waals surface area contributed by atoms with E-state index < -0.39 is 0 Å². The molecule has 0 amide bonds. The van der Waals surface area contributed by atoms with Gasteiger partial charge in [-0.3, -0.25) is 0 Å². The highest BCUT2D eigenvalue weighted by Crippen LogP contribution is 2.74. The minimum absolute atomic E-state index is 0.00499. The Morgan fingerprint density at radius 1 is 0.975 bits per heavy atom. The van der Waals surface area contributed by atoms with Crippen molar-refractivity contribution < 1.29 is 10.2 Å². The SMILES string of the molecule is Cc1c(O)c(O)cc2c1[C@H](c1c[nH]c3ccc(Br)cc13)C=C1[C@@]2(C)CC[C@@]2(C)[C@@H]3C[C@@H](C)CC[C@]3(C)CC[C@]12C. The highest BCUT2D eigenvalue weighted by molar-refractivity contribution is 9.10. The zero-order chi connectivity index (χ0) is 28.4. The Balaban J connectivity index is 1.49. The van der Waals surface area contributed by atoms with Crippen LogP contribution < -0.4 is 0 Å². The lowest BCUT2D eigenvalue weighted by Gasteiger charge is -2.69. The normalized spacial score (nSPS) is 38.7. The van der Waals surface area contributed by atoms with Crippen LogP contribution >= 0.6 is 15.9 Å². The van der Waals surface area contributed by atoms with Crippen LogP contribution in [0.25, 0.3) is 10.9 Å². The standard InChI is InChI=1S/C36H44BrNO2/c1-20-9-10-33(3)11-13-36(6)30-17-24(25-19-38-27-8-7-22(37)16-23(25)27)31-21(2)32(40)28(39)18-26(31)34(30,4)12-14-35(36,5)29(33)15-20/h7-8,16-20,24,29,38-40H,9-15H2,1-6H3/t20-,24-,29+,33+,34-,35-,36+/m0/s1. The van der Waals surface area contributed by atoms with Gasteiger partial charge >= 0.3 is 0 Å². The first-order valence-electron chi connectivity index (χ1n) is 15.4. The molecule has 4 aliphatic carbocycles. The van der Waals surface area contributed by atoms with Gasteiger partial charge in [-0.15, -0.1) is 0 Å². The first-order valence-corrected chi connectivity index (χ1v) is 16.2. The van der Waals surface area contributed by atoms with E-state index in [4.69, 9.17) is 0 Å². The van der Waals surface area contributed by atoms with E-state index >= 15 is 0 Å². The van der Waals surface area contributed by atoms with Crippen LogP contribution in [0.4, 0.5) is 0 Å². The van der Waals surface area contributed by atoms with Crippen molar-refractivity contribution in [3.63, 3.8) is 0 Å². The van der Waals surface area contributed by atoms with Gasteiger partial charge in [-0.1, -0.05) is 68.6 Å². The Morgan fingerprint density at radius 3 is 2.52 bits per heavy atom. The quantitative estimate of drug-likeness (QED) is 0.192. The van der Waals surface area contributed by atoms with Crippen molar-refractivity contribution in [3.8, 4) is 11.5 Å². The third-order valence-electron chi connectivity index (χ3n) is 13.1. The number of aromatic nitrogens is 1. The summed E-state index contributed by atoms with van der Waals surface area (Å²) in [6.45, 7) is 14.7. The van der Waals surface area contributed by atoms with Crippen LogP contribution in [0, 0.1) is 35.0 Å². The summed E-state index contributed by atoms with van der Waals surface area (Å²) in [6.07, 6.45) is 13.6. The van der Waals surface area contributed by atoms with Crippen molar-refractivity contribution >= 4 is 26.8 Å². The van der Waals surface area contributed by atoms with E-state index in [0.29, 0.717) is 5.41 Å². The number of hydrogen-bond donors (Lipinski definition) is 3. The van der Waals surface area contributed by atoms with Crippen LogP contribution in [-0.2, 0) is 5.41 Å². The van der Waals surface area contributed by atoms with E-state index in [-0.39, 0.29) is 33.7 Å². The highest BCUT2D eigenvalue weighted by Gasteiger charge is 2.65. The molecule has 4 aliphatic rings. The second-order valence-corrected chi connectivity index (χ2v) is 15.9. The molecule has 0 bridgehead atoms. The van der Waals surface area contributed by atoms with Gasteiger partial charge in [0.25, 0.3) is 0 Å². The van der Waals surface area contributed by atoms with E-state index in [9.17, 15) is 10.2 Å². The molecule has 3 saturated carbocycles. The molecule has 40 heavy (non-hydrogen) atoms. The molecule has 0 aliphatic heterocycles. The minimum Gasteiger partial charge on any atom is -0.504 e. The fourth-order valence-electron chi connectivity index (χ4n) is 10.4. The molecule has 0 spiro atoms. The highest BCUT2D eigenvalue weighted by atomic mass is 79.9. The lowest BCUT2D eigenvalue weighted by Crippen LogP contribution is -2.61. The van der Waals surface area contributed by atoms with Gasteiger partial charge in [0.2, 0.25) is 0 Å². The van der Waals surface area contributed by atoms with Gasteiger partial charge in [-0.05, 0) is 120 Å². The fraction of sp³-hybridized carbons (Fsp3) is 0.556. The minimum atomic E-state index is -0.170. The molecule has 3 N–H and O–H groups in total. The van der Waals surface area contributed by atoms with Crippen molar-refractivity contribution in [2.45, 2.75) is 97.8 Å². The van der Waals surface area contributed by atoms with Crippen molar-refractivity contribution in [3.05, 3.63) is 68.8 Å². The van der Waals surface area contributed by atoms with E-state index in [1.54, 1.807) is 5.57 Å². The Kier molecular flexibility index (Phi) is 5.62. The van der Waals surface area contributed by atoms with Crippen LogP contribution in [-0.4, -0.2) is 15.2 Å². The van der Waals surface area contributed by atoms with Gasteiger partial charge < -0.3 is 15.2 Å². The molecule has 7 rings (SSSR count). The average molecular weight is 603 g/mol. The first-order chi connectivity index (χ1) is 18.8. The number of nitrogens with one attached hydrogen (secondary N) is 1. The largest absolute Gasteiger partial charge is 0.504 e. The summed E-state index contributed by atoms with van der Waals surface area (Å²) in [6, 6.07) is 8.34. The molecule has 0 saturated heterocycles. The molecule has 7 atom stereocenters. The van der Waals surface area contributed by atoms with Gasteiger partial charge in [-0.25, -0.2) is 0 Å². The second-order valence-electron chi connectivity index (χ2n) is 15.0. The number of hydrogen-bond acceptors (Lipinski definition) is 2. The number of phenolic OH excluding ortho intramolecular Hbond substituents is 2. The number of H-pyrrole nitrogens is 1. The molecular formula is C36H44BrNO2. The van der Waals surface area contributed by atoms with Gasteiger partial charge in [0.05, 0.1) is 0 Å². The Labute approximate surface area is 247 Å². The summed E-state index contributed by atoms with van der Waals surface area (Å²) in [5.74, 6) is 1.56. The number of halogens is 1. The Morgan fingerprint density at radius 2 is 1.75 bits per heavy atom. The maximum Gasteiger partial charge on any atom is 0.160 e. The Bertz CT molecular complexity index is 1590. The number of benzene rings is 2. The van der Waals surface area contributed by atoms with Gasteiger partial charge in [0, 0.05) is 32.9 Å². The molecule has 0 radical (unpaired) electrons. The summed E-state index contributed by atoms with van der Waals surface area (Å²) in [7, 11) is 0. The molecule has 4 heteroatoms. The van der Waals surface area contributed by atoms with Crippen molar-refractivity contribution in [1.29, 1.82) is 0 Å². The molecule has 1 aromatic heterocycles. The Hall–Kier alpha value is -2.20. The average Bonchev–Trinajstić information content (AvgIpc) is 3.33. The van der Waals surface area contributed by atoms with Gasteiger partial charge in [0.1, 0.15) is 0 Å². The molecule has 0 unspecified atom stereocenters. The number of aromatic amines is 1. The third kappa shape index (κ3) is 3.29. The summed E-state index contributed by atoms with van der Waals surface area (Å²) in [5.41, 5.74) is 7.69. The third-order valence-corrected chi connectivity index (χ3v) is 13.6. The van der Waals surface area contributed by atoms with Crippen molar-refractivity contribution in [1.82, 2.24) is 4.98 Å². The number of allylic oxidation sites excluding steroid dienone is 2. The summed E-state index contributed by atoms with van der Waals surface area (Å²) >= 11 is 3.71. The predicted octanol–water partition coefficient (Wildman–Crippen LogP) is 10.0. The number of rotatable bonds is 1. The molecule has 3 aromatic rings. The lowest BCUT2D eigenvalue weighted by molar-refractivity contribution is -0.145. The molecule has 212 valence electrons.